The minimum absolute atomic E-state index is 0.422. The average molecular weight is 171 g/mol. The van der Waals surface area contributed by atoms with Gasteiger partial charge in [-0.15, -0.1) is 0 Å². The van der Waals surface area contributed by atoms with Crippen LogP contribution in [0.5, 0.6) is 0 Å². The number of hydrogen-bond acceptors (Lipinski definition) is 2. The largest absolute Gasteiger partial charge is 0.324 e. The van der Waals surface area contributed by atoms with Gasteiger partial charge in [-0.05, 0) is 20.3 Å². The number of hydrogen-bond donors (Lipinski definition) is 0. The number of nitrogens with zero attached hydrogens (tertiary/aromatic N) is 1. The Bertz CT molecular complexity index is 231. The molecule has 0 bridgehead atoms. The molecule has 0 aromatic rings. The molecule has 0 aromatic carbocycles. The highest BCUT2D eigenvalue weighted by Crippen LogP contribution is 2.37. The molecule has 0 atom stereocenters. The van der Waals surface area contributed by atoms with Gasteiger partial charge in [0, 0.05) is 6.16 Å². The molecule has 0 aromatic heterocycles. The Morgan fingerprint density at radius 2 is 2.18 bits per heavy atom. The molecule has 0 rings (SSSR count). The Hall–Kier alpha value is -0.540. The molecule has 0 saturated heterocycles. The van der Waals surface area contributed by atoms with Crippen molar-refractivity contribution in [3.63, 3.8) is 0 Å². The Morgan fingerprint density at radius 1 is 1.64 bits per heavy atom. The van der Waals surface area contributed by atoms with Crippen molar-refractivity contribution in [2.24, 2.45) is 0 Å². The zero-order chi connectivity index (χ0) is 8.91. The smallest absolute Gasteiger partial charge is 0.0857 e. The third-order valence-corrected chi connectivity index (χ3v) is 2.43. The van der Waals surface area contributed by atoms with Crippen LogP contribution in [0.3, 0.4) is 0 Å². The SMILES string of the molecule is C/C(=C\CC#N)CP(C)(C)=O. The Kier molecular flexibility index (Phi) is 4.15. The van der Waals surface area contributed by atoms with Crippen molar-refractivity contribution in [1.29, 1.82) is 5.26 Å². The lowest BCUT2D eigenvalue weighted by molar-refractivity contribution is 0.583. The first kappa shape index (κ1) is 10.5. The standard InChI is InChI=1S/C8H14NOP/c1-8(5-4-6-9)7-11(2,3)10/h5H,4,7H2,1-3H3/b8-5+. The topological polar surface area (TPSA) is 40.9 Å². The maximum Gasteiger partial charge on any atom is 0.0857 e. The summed E-state index contributed by atoms with van der Waals surface area (Å²) in [5.74, 6) is 0. The monoisotopic (exact) mass is 171 g/mol. The second-order valence-electron chi connectivity index (χ2n) is 3.14. The van der Waals surface area contributed by atoms with Crippen molar-refractivity contribution in [2.45, 2.75) is 13.3 Å². The highest BCUT2D eigenvalue weighted by molar-refractivity contribution is 7.62. The lowest BCUT2D eigenvalue weighted by atomic mass is 10.3. The molecule has 0 radical (unpaired) electrons. The predicted molar refractivity (Wildman–Crippen MR) is 48.3 cm³/mol. The van der Waals surface area contributed by atoms with E-state index < -0.39 is 7.14 Å². The molecule has 0 N–H and O–H groups in total. The minimum atomic E-state index is -1.94. The molecule has 0 aliphatic heterocycles. The second-order valence-corrected chi connectivity index (χ2v) is 6.61. The molecular weight excluding hydrogens is 157 g/mol. The van der Waals surface area contributed by atoms with Gasteiger partial charge in [0.25, 0.3) is 0 Å². The van der Waals surface area contributed by atoms with E-state index in [1.54, 1.807) is 13.3 Å². The third-order valence-electron chi connectivity index (χ3n) is 1.17. The Balaban J connectivity index is 3.99. The normalized spacial score (nSPS) is 12.7. The zero-order valence-electron chi connectivity index (χ0n) is 7.29. The fourth-order valence-corrected chi connectivity index (χ4v) is 2.22. The Morgan fingerprint density at radius 3 is 2.55 bits per heavy atom. The molecule has 0 amide bonds. The van der Waals surface area contributed by atoms with Crippen LogP contribution in [0.1, 0.15) is 13.3 Å². The Labute approximate surface area is 68.3 Å². The van der Waals surface area contributed by atoms with Crippen LogP contribution < -0.4 is 0 Å². The fraction of sp³-hybridized carbons (Fsp3) is 0.625. The van der Waals surface area contributed by atoms with Gasteiger partial charge in [-0.1, -0.05) is 11.6 Å². The van der Waals surface area contributed by atoms with Crippen molar-refractivity contribution in [3.8, 4) is 6.07 Å². The van der Waals surface area contributed by atoms with Crippen LogP contribution in [0.25, 0.3) is 0 Å². The molecule has 0 heterocycles. The molecular formula is C8H14NOP. The van der Waals surface area contributed by atoms with E-state index in [1.165, 1.54) is 0 Å². The van der Waals surface area contributed by atoms with E-state index in [4.69, 9.17) is 5.26 Å². The first-order valence-electron chi connectivity index (χ1n) is 3.52. The van der Waals surface area contributed by atoms with Crippen LogP contribution in [0, 0.1) is 11.3 Å². The quantitative estimate of drug-likeness (QED) is 0.483. The van der Waals surface area contributed by atoms with Gasteiger partial charge >= 0.3 is 0 Å². The van der Waals surface area contributed by atoms with E-state index in [0.29, 0.717) is 12.6 Å². The summed E-state index contributed by atoms with van der Waals surface area (Å²) < 4.78 is 11.3. The van der Waals surface area contributed by atoms with Crippen LogP contribution in [0.2, 0.25) is 0 Å². The van der Waals surface area contributed by atoms with E-state index in [9.17, 15) is 4.57 Å². The summed E-state index contributed by atoms with van der Waals surface area (Å²) in [6, 6.07) is 2.02. The molecule has 2 nitrogen and oxygen atoms in total. The van der Waals surface area contributed by atoms with Crippen LogP contribution in [0.4, 0.5) is 0 Å². The highest BCUT2D eigenvalue weighted by Gasteiger charge is 2.06. The summed E-state index contributed by atoms with van der Waals surface area (Å²) in [5, 5.41) is 8.25. The molecule has 0 spiro atoms. The molecule has 3 heteroatoms. The van der Waals surface area contributed by atoms with E-state index in [1.807, 2.05) is 19.1 Å². The van der Waals surface area contributed by atoms with Crippen LogP contribution in [-0.2, 0) is 4.57 Å². The average Bonchev–Trinajstić information content (AvgIpc) is 1.79. The number of nitriles is 1. The van der Waals surface area contributed by atoms with Crippen molar-refractivity contribution >= 4 is 7.14 Å². The van der Waals surface area contributed by atoms with Gasteiger partial charge in [0.15, 0.2) is 0 Å². The summed E-state index contributed by atoms with van der Waals surface area (Å²) in [6.45, 7) is 5.43. The molecule has 62 valence electrons. The summed E-state index contributed by atoms with van der Waals surface area (Å²) in [6.07, 6.45) is 2.89. The van der Waals surface area contributed by atoms with Gasteiger partial charge < -0.3 is 4.57 Å². The van der Waals surface area contributed by atoms with Gasteiger partial charge in [-0.2, -0.15) is 5.26 Å². The summed E-state index contributed by atoms with van der Waals surface area (Å²) in [4.78, 5) is 0. The van der Waals surface area contributed by atoms with Gasteiger partial charge in [0.2, 0.25) is 0 Å². The van der Waals surface area contributed by atoms with Crippen LogP contribution in [-0.4, -0.2) is 19.5 Å². The molecule has 0 saturated carbocycles. The van der Waals surface area contributed by atoms with Gasteiger partial charge in [-0.25, -0.2) is 0 Å². The summed E-state index contributed by atoms with van der Waals surface area (Å²) >= 11 is 0. The summed E-state index contributed by atoms with van der Waals surface area (Å²) in [7, 11) is -1.94. The second kappa shape index (κ2) is 4.36. The maximum atomic E-state index is 11.3. The molecule has 0 fully saturated rings. The zero-order valence-corrected chi connectivity index (χ0v) is 8.19. The van der Waals surface area contributed by atoms with Crippen molar-refractivity contribution < 1.29 is 4.57 Å². The molecule has 0 aliphatic rings. The minimum Gasteiger partial charge on any atom is -0.324 e. The molecule has 0 aliphatic carbocycles. The van der Waals surface area contributed by atoms with E-state index >= 15 is 0 Å². The third kappa shape index (κ3) is 7.36. The highest BCUT2D eigenvalue weighted by atomic mass is 31.2. The van der Waals surface area contributed by atoms with Crippen LogP contribution in [0.15, 0.2) is 11.6 Å². The number of rotatable bonds is 3. The first-order valence-corrected chi connectivity index (χ1v) is 6.31. The fourth-order valence-electron chi connectivity index (χ4n) is 0.885. The van der Waals surface area contributed by atoms with Gasteiger partial charge in [0.1, 0.15) is 0 Å². The molecule has 0 unspecified atom stereocenters. The number of allylic oxidation sites excluding steroid dienone is 2. The van der Waals surface area contributed by atoms with E-state index in [2.05, 4.69) is 0 Å². The van der Waals surface area contributed by atoms with E-state index in [0.717, 1.165) is 5.57 Å². The van der Waals surface area contributed by atoms with Gasteiger partial charge in [0.05, 0.1) is 19.6 Å². The van der Waals surface area contributed by atoms with Crippen molar-refractivity contribution in [3.05, 3.63) is 11.6 Å². The maximum absolute atomic E-state index is 11.3. The van der Waals surface area contributed by atoms with Crippen molar-refractivity contribution in [2.75, 3.05) is 19.5 Å². The lowest BCUT2D eigenvalue weighted by Crippen LogP contribution is -1.87. The van der Waals surface area contributed by atoms with E-state index in [-0.39, 0.29) is 0 Å². The summed E-state index contributed by atoms with van der Waals surface area (Å²) in [5.41, 5.74) is 1.06. The molecule has 11 heavy (non-hydrogen) atoms. The van der Waals surface area contributed by atoms with Gasteiger partial charge in [-0.3, -0.25) is 0 Å². The lowest BCUT2D eigenvalue weighted by Gasteiger charge is -2.04. The predicted octanol–water partition coefficient (Wildman–Crippen LogP) is 2.47. The first-order chi connectivity index (χ1) is 4.95. The van der Waals surface area contributed by atoms with Crippen LogP contribution >= 0.6 is 7.14 Å². The van der Waals surface area contributed by atoms with Crippen molar-refractivity contribution in [1.82, 2.24) is 0 Å².